The van der Waals surface area contributed by atoms with E-state index in [0.717, 1.165) is 24.2 Å². The van der Waals surface area contributed by atoms with Crippen molar-refractivity contribution in [3.8, 4) is 11.4 Å². The van der Waals surface area contributed by atoms with Crippen molar-refractivity contribution in [1.82, 2.24) is 9.97 Å². The zero-order valence-corrected chi connectivity index (χ0v) is 8.40. The minimum absolute atomic E-state index is 0.0400. The molecule has 2 aromatic rings. The highest BCUT2D eigenvalue weighted by Crippen LogP contribution is 2.42. The first-order chi connectivity index (χ1) is 7.28. The van der Waals surface area contributed by atoms with Crippen LogP contribution in [0, 0.1) is 0 Å². The van der Waals surface area contributed by atoms with Crippen molar-refractivity contribution in [3.63, 3.8) is 0 Å². The SMILES string of the molecule is NC1(c2ccc(-c3ncc[nH]3)cc2)CC1. The van der Waals surface area contributed by atoms with Gasteiger partial charge in [0.05, 0.1) is 0 Å². The molecule has 0 saturated heterocycles. The molecule has 3 N–H and O–H groups in total. The quantitative estimate of drug-likeness (QED) is 0.777. The molecule has 3 rings (SSSR count). The third-order valence-electron chi connectivity index (χ3n) is 3.02. The number of hydrogen-bond acceptors (Lipinski definition) is 2. The summed E-state index contributed by atoms with van der Waals surface area (Å²) >= 11 is 0. The standard InChI is InChI=1S/C12H13N3/c13-12(5-6-12)10-3-1-9(2-4-10)11-14-7-8-15-11/h1-4,7-8H,5-6,13H2,(H,14,15). The van der Waals surface area contributed by atoms with Gasteiger partial charge in [-0.2, -0.15) is 0 Å². The van der Waals surface area contributed by atoms with Crippen LogP contribution in [0.1, 0.15) is 18.4 Å². The average Bonchev–Trinajstić information content (AvgIpc) is 2.84. The first-order valence-corrected chi connectivity index (χ1v) is 5.17. The summed E-state index contributed by atoms with van der Waals surface area (Å²) in [6.45, 7) is 0. The predicted molar refractivity (Wildman–Crippen MR) is 59.1 cm³/mol. The fourth-order valence-corrected chi connectivity index (χ4v) is 1.81. The molecule has 76 valence electrons. The predicted octanol–water partition coefficient (Wildman–Crippen LogP) is 2.02. The first kappa shape index (κ1) is 8.68. The second-order valence-electron chi connectivity index (χ2n) is 4.17. The molecule has 0 unspecified atom stereocenters. The minimum Gasteiger partial charge on any atom is -0.345 e. The van der Waals surface area contributed by atoms with Crippen LogP contribution in [0.4, 0.5) is 0 Å². The first-order valence-electron chi connectivity index (χ1n) is 5.17. The van der Waals surface area contributed by atoms with E-state index in [9.17, 15) is 0 Å². The molecule has 3 heteroatoms. The molecule has 1 aliphatic carbocycles. The van der Waals surface area contributed by atoms with Crippen LogP contribution >= 0.6 is 0 Å². The maximum Gasteiger partial charge on any atom is 0.137 e. The van der Waals surface area contributed by atoms with Crippen molar-refractivity contribution in [2.24, 2.45) is 5.73 Å². The Morgan fingerprint density at radius 1 is 1.20 bits per heavy atom. The Kier molecular flexibility index (Phi) is 1.70. The molecule has 0 atom stereocenters. The summed E-state index contributed by atoms with van der Waals surface area (Å²) in [5.74, 6) is 0.906. The van der Waals surface area contributed by atoms with Gasteiger partial charge in [-0.05, 0) is 18.4 Å². The van der Waals surface area contributed by atoms with Gasteiger partial charge in [0.25, 0.3) is 0 Å². The monoisotopic (exact) mass is 199 g/mol. The molecular weight excluding hydrogens is 186 g/mol. The van der Waals surface area contributed by atoms with Crippen molar-refractivity contribution in [1.29, 1.82) is 0 Å². The average molecular weight is 199 g/mol. The summed E-state index contributed by atoms with van der Waals surface area (Å²) in [5, 5.41) is 0. The highest BCUT2D eigenvalue weighted by atomic mass is 14.9. The highest BCUT2D eigenvalue weighted by molar-refractivity contribution is 5.55. The lowest BCUT2D eigenvalue weighted by Crippen LogP contribution is -2.18. The van der Waals surface area contributed by atoms with Crippen molar-refractivity contribution in [2.75, 3.05) is 0 Å². The summed E-state index contributed by atoms with van der Waals surface area (Å²) in [4.78, 5) is 7.29. The molecule has 0 bridgehead atoms. The second kappa shape index (κ2) is 2.94. The number of benzene rings is 1. The molecular formula is C12H13N3. The van der Waals surface area contributed by atoms with Crippen molar-refractivity contribution in [2.45, 2.75) is 18.4 Å². The fourth-order valence-electron chi connectivity index (χ4n) is 1.81. The van der Waals surface area contributed by atoms with Gasteiger partial charge in [0.2, 0.25) is 0 Å². The van der Waals surface area contributed by atoms with Gasteiger partial charge in [0.15, 0.2) is 0 Å². The van der Waals surface area contributed by atoms with E-state index in [1.807, 2.05) is 6.20 Å². The van der Waals surface area contributed by atoms with Gasteiger partial charge in [-0.25, -0.2) is 4.98 Å². The Morgan fingerprint density at radius 2 is 1.93 bits per heavy atom. The van der Waals surface area contributed by atoms with Gasteiger partial charge >= 0.3 is 0 Å². The number of nitrogens with one attached hydrogen (secondary N) is 1. The highest BCUT2D eigenvalue weighted by Gasteiger charge is 2.39. The number of aromatic nitrogens is 2. The molecule has 1 aliphatic rings. The van der Waals surface area contributed by atoms with Crippen LogP contribution < -0.4 is 5.73 Å². The summed E-state index contributed by atoms with van der Waals surface area (Å²) in [7, 11) is 0. The number of aromatic amines is 1. The lowest BCUT2D eigenvalue weighted by atomic mass is 10.0. The maximum atomic E-state index is 6.11. The number of nitrogens with two attached hydrogens (primary N) is 1. The molecule has 1 fully saturated rings. The molecule has 1 aromatic heterocycles. The number of nitrogens with zero attached hydrogens (tertiary/aromatic N) is 1. The summed E-state index contributed by atoms with van der Waals surface area (Å²) < 4.78 is 0. The van der Waals surface area contributed by atoms with Crippen LogP contribution in [0.3, 0.4) is 0 Å². The molecule has 0 amide bonds. The van der Waals surface area contributed by atoms with Gasteiger partial charge < -0.3 is 10.7 Å². The Morgan fingerprint density at radius 3 is 2.47 bits per heavy atom. The lowest BCUT2D eigenvalue weighted by molar-refractivity contribution is 0.740. The van der Waals surface area contributed by atoms with E-state index in [0.29, 0.717) is 0 Å². The van der Waals surface area contributed by atoms with E-state index in [1.54, 1.807) is 6.20 Å². The number of H-pyrrole nitrogens is 1. The van der Waals surface area contributed by atoms with Crippen molar-refractivity contribution < 1.29 is 0 Å². The van der Waals surface area contributed by atoms with Crippen LogP contribution in [0.2, 0.25) is 0 Å². The van der Waals surface area contributed by atoms with Crippen molar-refractivity contribution in [3.05, 3.63) is 42.2 Å². The van der Waals surface area contributed by atoms with E-state index >= 15 is 0 Å². The molecule has 0 radical (unpaired) electrons. The third-order valence-corrected chi connectivity index (χ3v) is 3.02. The normalized spacial score (nSPS) is 17.7. The van der Waals surface area contributed by atoms with Crippen molar-refractivity contribution >= 4 is 0 Å². The Bertz CT molecular complexity index is 452. The van der Waals surface area contributed by atoms with Gasteiger partial charge in [0, 0.05) is 23.5 Å². The largest absolute Gasteiger partial charge is 0.345 e. The molecule has 0 aliphatic heterocycles. The molecule has 1 aromatic carbocycles. The second-order valence-corrected chi connectivity index (χ2v) is 4.17. The Balaban J connectivity index is 1.94. The Labute approximate surface area is 88.3 Å². The minimum atomic E-state index is -0.0400. The van der Waals surface area contributed by atoms with Gasteiger partial charge in [0.1, 0.15) is 5.82 Å². The van der Waals surface area contributed by atoms with E-state index < -0.39 is 0 Å². The van der Waals surface area contributed by atoms with Gasteiger partial charge in [-0.1, -0.05) is 24.3 Å². The number of hydrogen-bond donors (Lipinski definition) is 2. The van der Waals surface area contributed by atoms with E-state index in [1.165, 1.54) is 5.56 Å². The van der Waals surface area contributed by atoms with Crippen LogP contribution in [-0.2, 0) is 5.54 Å². The van der Waals surface area contributed by atoms with Gasteiger partial charge in [-0.15, -0.1) is 0 Å². The molecule has 3 nitrogen and oxygen atoms in total. The summed E-state index contributed by atoms with van der Waals surface area (Å²) in [6, 6.07) is 8.35. The van der Waals surface area contributed by atoms with Gasteiger partial charge in [-0.3, -0.25) is 0 Å². The molecule has 1 heterocycles. The zero-order valence-electron chi connectivity index (χ0n) is 8.40. The summed E-state index contributed by atoms with van der Waals surface area (Å²) in [5.41, 5.74) is 8.41. The van der Waals surface area contributed by atoms with E-state index in [4.69, 9.17) is 5.73 Å². The Hall–Kier alpha value is -1.61. The van der Waals surface area contributed by atoms with Crippen LogP contribution in [0.15, 0.2) is 36.7 Å². The van der Waals surface area contributed by atoms with E-state index in [2.05, 4.69) is 34.2 Å². The van der Waals surface area contributed by atoms with Crippen LogP contribution in [0.5, 0.6) is 0 Å². The topological polar surface area (TPSA) is 54.7 Å². The lowest BCUT2D eigenvalue weighted by Gasteiger charge is -2.08. The molecule has 0 spiro atoms. The zero-order chi connectivity index (χ0) is 10.3. The van der Waals surface area contributed by atoms with Crippen LogP contribution in [0.25, 0.3) is 11.4 Å². The van der Waals surface area contributed by atoms with E-state index in [-0.39, 0.29) is 5.54 Å². The van der Waals surface area contributed by atoms with Crippen LogP contribution in [-0.4, -0.2) is 9.97 Å². The maximum absolute atomic E-state index is 6.11. The number of imidazole rings is 1. The third kappa shape index (κ3) is 1.45. The summed E-state index contributed by atoms with van der Waals surface area (Å²) in [6.07, 6.45) is 5.79. The fraction of sp³-hybridized carbons (Fsp3) is 0.250. The molecule has 1 saturated carbocycles. The molecule has 15 heavy (non-hydrogen) atoms. The number of rotatable bonds is 2. The smallest absolute Gasteiger partial charge is 0.137 e.